The van der Waals surface area contributed by atoms with Crippen molar-refractivity contribution < 1.29 is 18.7 Å². The first-order chi connectivity index (χ1) is 17.0. The van der Waals surface area contributed by atoms with E-state index in [9.17, 15) is 18.8 Å². The highest BCUT2D eigenvalue weighted by Gasteiger charge is 2.19. The van der Waals surface area contributed by atoms with Crippen molar-refractivity contribution in [1.82, 2.24) is 14.0 Å². The average molecular weight is 470 g/mol. The number of benzene rings is 3. The third-order valence-corrected chi connectivity index (χ3v) is 5.60. The highest BCUT2D eigenvalue weighted by Crippen LogP contribution is 2.23. The Labute approximate surface area is 198 Å². The first-order valence-electron chi connectivity index (χ1n) is 10.7. The van der Waals surface area contributed by atoms with Crippen LogP contribution in [0.3, 0.4) is 0 Å². The molecular weight excluding hydrogens is 451 g/mol. The van der Waals surface area contributed by atoms with Crippen molar-refractivity contribution in [3.05, 3.63) is 101 Å². The molecule has 9 heteroatoms. The largest absolute Gasteiger partial charge is 0.465 e. The molecule has 0 aliphatic rings. The number of nitrogens with one attached hydrogen (secondary N) is 1. The van der Waals surface area contributed by atoms with Crippen molar-refractivity contribution in [3.63, 3.8) is 0 Å². The van der Waals surface area contributed by atoms with Crippen LogP contribution in [-0.2, 0) is 16.1 Å². The predicted molar refractivity (Wildman–Crippen MR) is 129 cm³/mol. The zero-order valence-electron chi connectivity index (χ0n) is 18.6. The first kappa shape index (κ1) is 22.0. The van der Waals surface area contributed by atoms with Crippen LogP contribution >= 0.6 is 0 Å². The third-order valence-electron chi connectivity index (χ3n) is 5.60. The normalized spacial score (nSPS) is 11.0. The average Bonchev–Trinajstić information content (AvgIpc) is 3.18. The van der Waals surface area contributed by atoms with Gasteiger partial charge in [0.15, 0.2) is 0 Å². The van der Waals surface area contributed by atoms with Crippen LogP contribution in [-0.4, -0.2) is 32.9 Å². The van der Waals surface area contributed by atoms with Crippen LogP contribution in [0.4, 0.5) is 10.1 Å². The predicted octanol–water partition coefficient (Wildman–Crippen LogP) is 3.88. The molecule has 1 amide bonds. The van der Waals surface area contributed by atoms with E-state index in [0.717, 1.165) is 0 Å². The van der Waals surface area contributed by atoms with Gasteiger partial charge in [-0.2, -0.15) is 0 Å². The summed E-state index contributed by atoms with van der Waals surface area (Å²) >= 11 is 0. The number of hydrogen-bond donors (Lipinski definition) is 1. The van der Waals surface area contributed by atoms with Gasteiger partial charge in [-0.3, -0.25) is 9.59 Å². The van der Waals surface area contributed by atoms with E-state index < -0.39 is 17.7 Å². The summed E-state index contributed by atoms with van der Waals surface area (Å²) in [5, 5.41) is 2.74. The third kappa shape index (κ3) is 4.04. The van der Waals surface area contributed by atoms with Crippen molar-refractivity contribution >= 4 is 34.4 Å². The minimum atomic E-state index is -0.574. The molecule has 0 spiro atoms. The molecule has 5 aromatic rings. The quantitative estimate of drug-likeness (QED) is 0.394. The van der Waals surface area contributed by atoms with Gasteiger partial charge in [0.1, 0.15) is 12.4 Å². The maximum Gasteiger partial charge on any atom is 0.339 e. The van der Waals surface area contributed by atoms with E-state index >= 15 is 0 Å². The van der Waals surface area contributed by atoms with Gasteiger partial charge in [0.05, 0.1) is 35.1 Å². The van der Waals surface area contributed by atoms with Gasteiger partial charge in [0.25, 0.3) is 5.56 Å². The SMILES string of the molecule is COC(=O)c1ccccc1NC(=O)Cn1c2ccccc2n2c(=O)cc(-c3ccc(F)cc3)nc12. The molecule has 0 radical (unpaired) electrons. The minimum absolute atomic E-state index is 0.175. The number of amides is 1. The summed E-state index contributed by atoms with van der Waals surface area (Å²) in [6.45, 7) is -0.175. The number of ether oxygens (including phenoxy) is 1. The summed E-state index contributed by atoms with van der Waals surface area (Å²) in [6.07, 6.45) is 0. The van der Waals surface area contributed by atoms with E-state index in [1.807, 2.05) is 0 Å². The molecule has 5 rings (SSSR count). The lowest BCUT2D eigenvalue weighted by Crippen LogP contribution is -2.22. The Kier molecular flexibility index (Phi) is 5.58. The van der Waals surface area contributed by atoms with Crippen LogP contribution < -0.4 is 10.9 Å². The fourth-order valence-electron chi connectivity index (χ4n) is 4.00. The highest BCUT2D eigenvalue weighted by atomic mass is 19.1. The Balaban J connectivity index is 1.60. The number of fused-ring (bicyclic) bond motifs is 3. The monoisotopic (exact) mass is 470 g/mol. The second-order valence-corrected chi connectivity index (χ2v) is 7.78. The number of anilines is 1. The van der Waals surface area contributed by atoms with Crippen LogP contribution in [0.2, 0.25) is 0 Å². The number of methoxy groups -OCH3 is 1. The Morgan fingerprint density at radius 2 is 1.66 bits per heavy atom. The maximum absolute atomic E-state index is 13.4. The number of carbonyl (C=O) groups is 2. The Bertz CT molecular complexity index is 1650. The molecule has 0 saturated heterocycles. The molecular formula is C26H19FN4O4. The number of hydrogen-bond acceptors (Lipinski definition) is 5. The number of para-hydroxylation sites is 3. The van der Waals surface area contributed by atoms with Gasteiger partial charge in [-0.1, -0.05) is 24.3 Å². The van der Waals surface area contributed by atoms with Crippen molar-refractivity contribution in [2.24, 2.45) is 0 Å². The van der Waals surface area contributed by atoms with Gasteiger partial charge in [0.2, 0.25) is 11.7 Å². The number of carbonyl (C=O) groups excluding carboxylic acids is 2. The molecule has 0 atom stereocenters. The Morgan fingerprint density at radius 3 is 2.40 bits per heavy atom. The molecule has 2 aromatic heterocycles. The smallest absolute Gasteiger partial charge is 0.339 e. The Hall–Kier alpha value is -4.79. The molecule has 0 saturated carbocycles. The minimum Gasteiger partial charge on any atom is -0.465 e. The summed E-state index contributed by atoms with van der Waals surface area (Å²) in [7, 11) is 1.27. The van der Waals surface area contributed by atoms with E-state index in [-0.39, 0.29) is 23.4 Å². The lowest BCUT2D eigenvalue weighted by molar-refractivity contribution is -0.116. The first-order valence-corrected chi connectivity index (χ1v) is 10.7. The van der Waals surface area contributed by atoms with Crippen LogP contribution in [0.25, 0.3) is 28.1 Å². The molecule has 8 nitrogen and oxygen atoms in total. The number of nitrogens with zero attached hydrogens (tertiary/aromatic N) is 3. The lowest BCUT2D eigenvalue weighted by Gasteiger charge is -2.11. The second kappa shape index (κ2) is 8.86. The number of imidazole rings is 1. The summed E-state index contributed by atoms with van der Waals surface area (Å²) in [5.74, 6) is -1.14. The molecule has 3 aromatic carbocycles. The van der Waals surface area contributed by atoms with Crippen molar-refractivity contribution in [2.75, 3.05) is 12.4 Å². The van der Waals surface area contributed by atoms with E-state index in [1.54, 1.807) is 53.1 Å². The second-order valence-electron chi connectivity index (χ2n) is 7.78. The Morgan fingerprint density at radius 1 is 0.971 bits per heavy atom. The van der Waals surface area contributed by atoms with E-state index in [1.165, 1.54) is 41.8 Å². The molecule has 0 fully saturated rings. The van der Waals surface area contributed by atoms with Gasteiger partial charge >= 0.3 is 5.97 Å². The summed E-state index contributed by atoms with van der Waals surface area (Å²) in [4.78, 5) is 42.9. The zero-order valence-corrected chi connectivity index (χ0v) is 18.6. The maximum atomic E-state index is 13.4. The standard InChI is InChI=1S/C26H19FN4O4/c1-35-25(34)18-6-2-3-7-19(18)28-23(32)15-30-21-8-4-5-9-22(21)31-24(33)14-20(29-26(30)31)16-10-12-17(27)13-11-16/h2-14H,15H2,1H3,(H,28,32). The van der Waals surface area contributed by atoms with Gasteiger partial charge in [0, 0.05) is 11.6 Å². The van der Waals surface area contributed by atoms with Crippen molar-refractivity contribution in [3.8, 4) is 11.3 Å². The molecule has 0 bridgehead atoms. The lowest BCUT2D eigenvalue weighted by atomic mass is 10.1. The fourth-order valence-corrected chi connectivity index (χ4v) is 4.00. The summed E-state index contributed by atoms with van der Waals surface area (Å²) < 4.78 is 21.2. The number of rotatable bonds is 5. The van der Waals surface area contributed by atoms with Gasteiger partial charge in [-0.25, -0.2) is 18.6 Å². The molecule has 0 aliphatic heterocycles. The molecule has 174 valence electrons. The van der Waals surface area contributed by atoms with Crippen LogP contribution in [0.15, 0.2) is 83.7 Å². The van der Waals surface area contributed by atoms with Crippen LogP contribution in [0, 0.1) is 5.82 Å². The summed E-state index contributed by atoms with van der Waals surface area (Å²) in [5.41, 5.74) is 2.34. The van der Waals surface area contributed by atoms with Gasteiger partial charge in [-0.15, -0.1) is 0 Å². The molecule has 0 unspecified atom stereocenters. The number of halogens is 1. The fraction of sp³-hybridized carbons (Fsp3) is 0.0769. The van der Waals surface area contributed by atoms with E-state index in [2.05, 4.69) is 10.3 Å². The number of aromatic nitrogens is 3. The van der Waals surface area contributed by atoms with Crippen molar-refractivity contribution in [2.45, 2.75) is 6.54 Å². The van der Waals surface area contributed by atoms with Crippen LogP contribution in [0.5, 0.6) is 0 Å². The van der Waals surface area contributed by atoms with E-state index in [4.69, 9.17) is 4.74 Å². The zero-order chi connectivity index (χ0) is 24.5. The molecule has 2 heterocycles. The van der Waals surface area contributed by atoms with Crippen LogP contribution in [0.1, 0.15) is 10.4 Å². The molecule has 0 aliphatic carbocycles. The van der Waals surface area contributed by atoms with Crippen molar-refractivity contribution in [1.29, 1.82) is 0 Å². The number of esters is 1. The molecule has 1 N–H and O–H groups in total. The highest BCUT2D eigenvalue weighted by molar-refractivity contribution is 6.01. The van der Waals surface area contributed by atoms with Gasteiger partial charge in [-0.05, 0) is 48.5 Å². The van der Waals surface area contributed by atoms with Gasteiger partial charge < -0.3 is 14.6 Å². The van der Waals surface area contributed by atoms with E-state index in [0.29, 0.717) is 28.0 Å². The summed E-state index contributed by atoms with van der Waals surface area (Å²) in [6, 6.07) is 20.7. The topological polar surface area (TPSA) is 94.7 Å². The molecule has 35 heavy (non-hydrogen) atoms.